The first-order chi connectivity index (χ1) is 14.1. The van der Waals surface area contributed by atoms with Gasteiger partial charge in [0.1, 0.15) is 11.8 Å². The highest BCUT2D eigenvalue weighted by Crippen LogP contribution is 2.12. The smallest absolute Gasteiger partial charge is 0.240 e. The number of Topliss-reactive ketones (excluding diaryl/α,β-unsaturated/α-hetero) is 1. The number of rotatable bonds is 10. The van der Waals surface area contributed by atoms with E-state index in [0.717, 1.165) is 31.3 Å². The van der Waals surface area contributed by atoms with Gasteiger partial charge in [-0.3, -0.25) is 19.4 Å². The Labute approximate surface area is 180 Å². The topological polar surface area (TPSA) is 165 Å². The first-order valence-corrected chi connectivity index (χ1v) is 10.2. The van der Waals surface area contributed by atoms with Crippen LogP contribution in [-0.4, -0.2) is 47.5 Å². The number of amides is 3. The fourth-order valence-corrected chi connectivity index (χ4v) is 1.77. The molecule has 0 aromatic carbocycles. The molecule has 3 atom stereocenters. The number of ketones is 1. The summed E-state index contributed by atoms with van der Waals surface area (Å²) in [6, 6.07) is -0.620. The van der Waals surface area contributed by atoms with Crippen LogP contribution in [0.25, 0.3) is 0 Å². The van der Waals surface area contributed by atoms with Gasteiger partial charge >= 0.3 is 0 Å². The standard InChI is InChI=1S/C8H11N3O2.C6H12O.C5H11NO2.C2H6/c9-8(13)7(11-5-12)3-6-1-2-10-4-6;1-3-4-5-6(2)7;1-3(4(2)7)5(6)8;1-2/h2,4-5,7H,1,3H2,(H2,9,13)(H,11,12);3-5H2,1-2H3;3-4,7H,1-2H3,(H2,6,8);1-2H3. The fraction of sp³-hybridized carbons (Fsp3) is 0.667. The van der Waals surface area contributed by atoms with E-state index in [1.165, 1.54) is 6.92 Å². The van der Waals surface area contributed by atoms with Gasteiger partial charge in [0.05, 0.1) is 12.0 Å². The average molecular weight is 429 g/mol. The number of aliphatic hydroxyl groups is 1. The Kier molecular flexibility index (Phi) is 22.7. The molecule has 6 N–H and O–H groups in total. The molecule has 0 spiro atoms. The Bertz CT molecular complexity index is 560. The third-order valence-electron chi connectivity index (χ3n) is 3.85. The van der Waals surface area contributed by atoms with Crippen molar-refractivity contribution in [2.45, 2.75) is 85.8 Å². The molecule has 9 heteroatoms. The normalized spacial score (nSPS) is 14.0. The number of carbonyl (C=O) groups excluding carboxylic acids is 4. The molecular weight excluding hydrogens is 388 g/mol. The van der Waals surface area contributed by atoms with Crippen molar-refractivity contribution in [2.75, 3.05) is 0 Å². The number of hydrogen-bond acceptors (Lipinski definition) is 6. The lowest BCUT2D eigenvalue weighted by molar-refractivity contribution is -0.124. The first kappa shape index (κ1) is 32.1. The molecule has 3 unspecified atom stereocenters. The van der Waals surface area contributed by atoms with E-state index in [1.807, 2.05) is 13.8 Å². The summed E-state index contributed by atoms with van der Waals surface area (Å²) in [5, 5.41) is 11.0. The van der Waals surface area contributed by atoms with Crippen LogP contribution in [0, 0.1) is 5.92 Å². The minimum atomic E-state index is -0.632. The Morgan fingerprint density at radius 1 is 1.23 bits per heavy atom. The summed E-state index contributed by atoms with van der Waals surface area (Å²) in [6.45, 7) is 10.8. The molecule has 30 heavy (non-hydrogen) atoms. The Morgan fingerprint density at radius 2 is 1.80 bits per heavy atom. The van der Waals surface area contributed by atoms with Gasteiger partial charge in [0.25, 0.3) is 0 Å². The predicted octanol–water partition coefficient (Wildman–Crippen LogP) is 1.62. The molecule has 1 aliphatic heterocycles. The van der Waals surface area contributed by atoms with Gasteiger partial charge in [0, 0.05) is 25.3 Å². The van der Waals surface area contributed by atoms with E-state index in [1.54, 1.807) is 26.3 Å². The summed E-state index contributed by atoms with van der Waals surface area (Å²) in [4.78, 5) is 45.2. The molecule has 3 amide bonds. The molecular formula is C21H40N4O5. The molecule has 0 fully saturated rings. The number of carbonyl (C=O) groups is 4. The van der Waals surface area contributed by atoms with E-state index in [-0.39, 0.29) is 0 Å². The third kappa shape index (κ3) is 20.2. The molecule has 9 nitrogen and oxygen atoms in total. The molecule has 0 aromatic rings. The molecule has 0 saturated heterocycles. The fourth-order valence-electron chi connectivity index (χ4n) is 1.77. The Balaban J connectivity index is -0.000000372. The summed E-state index contributed by atoms with van der Waals surface area (Å²) in [5.41, 5.74) is 10.9. The van der Waals surface area contributed by atoms with Crippen LogP contribution in [-0.2, 0) is 19.2 Å². The van der Waals surface area contributed by atoms with Crippen molar-refractivity contribution in [3.8, 4) is 0 Å². The van der Waals surface area contributed by atoms with E-state index in [2.05, 4.69) is 17.2 Å². The number of hydrogen-bond donors (Lipinski definition) is 4. The molecule has 0 bridgehead atoms. The molecule has 1 heterocycles. The van der Waals surface area contributed by atoms with Crippen LogP contribution < -0.4 is 16.8 Å². The largest absolute Gasteiger partial charge is 0.393 e. The molecule has 1 aliphatic rings. The summed E-state index contributed by atoms with van der Waals surface area (Å²) in [7, 11) is 0. The quantitative estimate of drug-likeness (QED) is 0.387. The third-order valence-corrected chi connectivity index (χ3v) is 3.85. The first-order valence-electron chi connectivity index (χ1n) is 10.2. The lowest BCUT2D eigenvalue weighted by Crippen LogP contribution is -2.40. The minimum absolute atomic E-state index is 0.307. The van der Waals surface area contributed by atoms with Crippen molar-refractivity contribution < 1.29 is 24.3 Å². The van der Waals surface area contributed by atoms with Crippen molar-refractivity contribution in [1.82, 2.24) is 5.32 Å². The second-order valence-corrected chi connectivity index (χ2v) is 6.50. The van der Waals surface area contributed by atoms with Gasteiger partial charge in [0.15, 0.2) is 0 Å². The van der Waals surface area contributed by atoms with Crippen molar-refractivity contribution in [3.05, 3.63) is 11.8 Å². The maximum absolute atomic E-state index is 10.8. The van der Waals surface area contributed by atoms with E-state index in [9.17, 15) is 19.2 Å². The highest BCUT2D eigenvalue weighted by molar-refractivity contribution is 5.82. The summed E-state index contributed by atoms with van der Waals surface area (Å²) in [6.07, 6.45) is 7.37. The van der Waals surface area contributed by atoms with Gasteiger partial charge in [-0.25, -0.2) is 0 Å². The van der Waals surface area contributed by atoms with E-state index in [0.29, 0.717) is 18.6 Å². The number of unbranched alkanes of at least 4 members (excludes halogenated alkanes) is 1. The van der Waals surface area contributed by atoms with Crippen LogP contribution in [0.2, 0.25) is 0 Å². The molecule has 174 valence electrons. The van der Waals surface area contributed by atoms with Crippen LogP contribution in [0.3, 0.4) is 0 Å². The highest BCUT2D eigenvalue weighted by Gasteiger charge is 2.16. The lowest BCUT2D eigenvalue weighted by atomic mass is 10.1. The number of primary amides is 2. The van der Waals surface area contributed by atoms with Gasteiger partial charge in [-0.2, -0.15) is 0 Å². The van der Waals surface area contributed by atoms with Crippen molar-refractivity contribution in [3.63, 3.8) is 0 Å². The van der Waals surface area contributed by atoms with Gasteiger partial charge in [-0.1, -0.05) is 34.1 Å². The molecule has 0 radical (unpaired) electrons. The molecule has 1 rings (SSSR count). The number of aliphatic imine (C=N–C) groups is 1. The Morgan fingerprint density at radius 3 is 2.03 bits per heavy atom. The predicted molar refractivity (Wildman–Crippen MR) is 120 cm³/mol. The number of nitrogens with zero attached hydrogens (tertiary/aromatic N) is 1. The average Bonchev–Trinajstić information content (AvgIpc) is 3.21. The van der Waals surface area contributed by atoms with Crippen LogP contribution >= 0.6 is 0 Å². The molecule has 0 aromatic heterocycles. The zero-order valence-corrected chi connectivity index (χ0v) is 19.2. The zero-order chi connectivity index (χ0) is 24.1. The van der Waals surface area contributed by atoms with E-state index >= 15 is 0 Å². The number of nitrogens with two attached hydrogens (primary N) is 2. The SMILES string of the molecule is CC.CC(O)C(C)C(N)=O.CCCCC(C)=O.NC(=O)C(CC1=CN=CC1)NC=O. The second-order valence-electron chi connectivity index (χ2n) is 6.50. The van der Waals surface area contributed by atoms with Gasteiger partial charge in [-0.05, 0) is 32.3 Å². The minimum Gasteiger partial charge on any atom is -0.393 e. The van der Waals surface area contributed by atoms with E-state index in [4.69, 9.17) is 16.6 Å². The molecule has 0 saturated carbocycles. The summed E-state index contributed by atoms with van der Waals surface area (Å²) < 4.78 is 0. The monoisotopic (exact) mass is 428 g/mol. The van der Waals surface area contributed by atoms with Gasteiger partial charge in [0.2, 0.25) is 18.2 Å². The summed E-state index contributed by atoms with van der Waals surface area (Å²) >= 11 is 0. The highest BCUT2D eigenvalue weighted by atomic mass is 16.3. The number of nitrogens with one attached hydrogen (secondary N) is 1. The van der Waals surface area contributed by atoms with Crippen LogP contribution in [0.1, 0.15) is 73.6 Å². The van der Waals surface area contributed by atoms with Gasteiger partial charge in [-0.15, -0.1) is 0 Å². The zero-order valence-electron chi connectivity index (χ0n) is 19.2. The maximum atomic E-state index is 10.8. The number of aliphatic hydroxyl groups excluding tert-OH is 1. The van der Waals surface area contributed by atoms with Gasteiger partial charge < -0.3 is 26.7 Å². The van der Waals surface area contributed by atoms with Crippen molar-refractivity contribution >= 4 is 30.2 Å². The van der Waals surface area contributed by atoms with E-state index < -0.39 is 29.9 Å². The van der Waals surface area contributed by atoms with Crippen LogP contribution in [0.15, 0.2) is 16.8 Å². The Hall–Kier alpha value is -2.55. The van der Waals surface area contributed by atoms with Crippen LogP contribution in [0.4, 0.5) is 0 Å². The van der Waals surface area contributed by atoms with Crippen molar-refractivity contribution in [1.29, 1.82) is 0 Å². The lowest BCUT2D eigenvalue weighted by Gasteiger charge is -2.11. The van der Waals surface area contributed by atoms with Crippen molar-refractivity contribution in [2.24, 2.45) is 22.4 Å². The van der Waals surface area contributed by atoms with Crippen LogP contribution in [0.5, 0.6) is 0 Å². The second kappa shape index (κ2) is 21.2. The maximum Gasteiger partial charge on any atom is 0.240 e. The summed E-state index contributed by atoms with van der Waals surface area (Å²) in [5.74, 6) is -1.11. The molecule has 0 aliphatic carbocycles.